The number of hydrogen-bond donors (Lipinski definition) is 9. The van der Waals surface area contributed by atoms with Gasteiger partial charge in [0, 0.05) is 136 Å². The molecule has 51 heteroatoms. The van der Waals surface area contributed by atoms with Gasteiger partial charge in [-0.1, -0.05) is 68.2 Å². The standard InChI is InChI=1S/2C8H19NO3S.2C6H15NO5S.C4H5N3O3S.C4H11NO3S.3C2H7NO3S/c1-7(2)5-9(6-8(3)4)13(10,11)12;1-3-5-7-9(8-6-4-2)13(10,11)12;2*1-11-5-3-7(4-6-12-2)13(8,9)10;1-5-3-7(4-6-2)11(8,9)10;1-3-5(4-2)9(6,7)8;3*1-3(2)7(4,5)6/h7-8H,5-6H2,1-4H3,(H,10,11,12);3-8H2,1-2H3,(H,10,11,12);2*3-6H2,1-2H3,(H,8,9,10);3-4H2,(H,8,9,10);3-4H2,1-2H3,(H,6,7,8);3*1-2H3,(H,4,5,6). The molecular weight excluding hydrogens is 1440 g/mol. The molecule has 0 aliphatic carbocycles. The highest BCUT2D eigenvalue weighted by atomic mass is 32.3. The Balaban J connectivity index is -0.000000123. The fourth-order valence-corrected chi connectivity index (χ4v) is 8.42. The van der Waals surface area contributed by atoms with Crippen LogP contribution in [0.2, 0.25) is 0 Å². The van der Waals surface area contributed by atoms with Gasteiger partial charge in [-0.3, -0.25) is 50.7 Å². The van der Waals surface area contributed by atoms with Crippen LogP contribution in [0, 0.1) is 25.0 Å². The van der Waals surface area contributed by atoms with Crippen LogP contribution in [-0.2, 0) is 112 Å². The number of unbranched alkanes of at least 4 members (excludes halogenated alkanes) is 2. The zero-order valence-corrected chi connectivity index (χ0v) is 63.2. The summed E-state index contributed by atoms with van der Waals surface area (Å²) in [6.07, 6.45) is 3.45. The maximum Gasteiger partial charge on any atom is 0.347 e. The van der Waals surface area contributed by atoms with Crippen LogP contribution in [0.1, 0.15) is 81.1 Å². The lowest BCUT2D eigenvalue weighted by molar-refractivity contribution is 0.146. The van der Waals surface area contributed by atoms with Crippen molar-refractivity contribution in [1.29, 1.82) is 0 Å². The minimum atomic E-state index is -4.38. The molecule has 0 amide bonds. The fourth-order valence-electron chi connectivity index (χ4n) is 4.44. The molecule has 0 fully saturated rings. The number of hydrogen-bond acceptors (Lipinski definition) is 22. The molecule has 0 saturated carbocycles. The van der Waals surface area contributed by atoms with Gasteiger partial charge in [-0.05, 0) is 29.0 Å². The topological polar surface area (TPSA) is 564 Å². The van der Waals surface area contributed by atoms with Crippen molar-refractivity contribution in [3.63, 3.8) is 0 Å². The molecule has 0 aliphatic heterocycles. The van der Waals surface area contributed by atoms with E-state index in [1.54, 1.807) is 13.8 Å². The molecule has 0 saturated heterocycles. The fraction of sp³-hybridized carbons (Fsp3) is 0.952. The Labute approximate surface area is 555 Å². The molecule has 0 spiro atoms. The second-order valence-corrected chi connectivity index (χ2v) is 32.1. The SMILES string of the molecule is CC(C)CN(CC(C)C)S(=O)(=O)O.CCCCN(CCCC)S(=O)(=O)O.CCN(CC)S(=O)(=O)O.CN(C)S(=O)(=O)O.CN(C)S(=O)(=O)O.CN(C)S(=O)(=O)O.COCCN(CCOC)S(=O)(=O)O.COCCN(CCOC)S(=O)(=O)O.[C-]#[N+]CN(C[N+]#[C-])S(=O)(=O)O. The van der Waals surface area contributed by atoms with E-state index >= 15 is 0 Å². The summed E-state index contributed by atoms with van der Waals surface area (Å²) in [4.78, 5) is 5.43. The molecule has 0 aliphatic rings. The van der Waals surface area contributed by atoms with E-state index < -0.39 is 106 Å². The van der Waals surface area contributed by atoms with Crippen molar-refractivity contribution >= 4 is 92.7 Å². The number of rotatable bonds is 35. The van der Waals surface area contributed by atoms with E-state index in [4.69, 9.17) is 54.1 Å². The zero-order chi connectivity index (χ0) is 76.2. The van der Waals surface area contributed by atoms with Gasteiger partial charge in [0.05, 0.1) is 26.4 Å². The molecule has 0 bridgehead atoms. The van der Waals surface area contributed by atoms with Gasteiger partial charge < -0.3 is 18.9 Å². The Morgan fingerprint density at radius 1 is 0.323 bits per heavy atom. The normalized spacial score (nSPS) is 12.3. The third-order valence-corrected chi connectivity index (χ3v) is 18.2. The molecule has 0 aromatic heterocycles. The van der Waals surface area contributed by atoms with Gasteiger partial charge in [0.25, 0.3) is 13.3 Å². The van der Waals surface area contributed by atoms with Gasteiger partial charge in [-0.2, -0.15) is 110 Å². The van der Waals surface area contributed by atoms with Crippen LogP contribution >= 0.6 is 0 Å². The van der Waals surface area contributed by atoms with Crippen molar-refractivity contribution < 1.29 is 136 Å². The van der Waals surface area contributed by atoms with E-state index in [9.17, 15) is 75.8 Å². The maximum atomic E-state index is 10.9. The highest BCUT2D eigenvalue weighted by Gasteiger charge is 2.24. The van der Waals surface area contributed by atoms with Crippen LogP contribution < -0.4 is 0 Å². The molecule has 0 aromatic carbocycles. The Hall–Kier alpha value is -2.35. The van der Waals surface area contributed by atoms with Gasteiger partial charge >= 0.3 is 92.7 Å². The molecule has 0 radical (unpaired) electrons. The maximum absolute atomic E-state index is 10.9. The van der Waals surface area contributed by atoms with E-state index in [1.165, 1.54) is 70.7 Å². The molecule has 0 unspecified atom stereocenters. The lowest BCUT2D eigenvalue weighted by atomic mass is 10.2. The summed E-state index contributed by atoms with van der Waals surface area (Å²) in [5.74, 6) is 0.446. The van der Waals surface area contributed by atoms with Gasteiger partial charge in [0.1, 0.15) is 0 Å². The highest BCUT2D eigenvalue weighted by Crippen LogP contribution is 2.08. The van der Waals surface area contributed by atoms with Crippen LogP contribution in [0.3, 0.4) is 0 Å². The quantitative estimate of drug-likeness (QED) is 0.0295. The van der Waals surface area contributed by atoms with E-state index in [2.05, 4.69) is 28.6 Å². The van der Waals surface area contributed by atoms with Crippen molar-refractivity contribution in [1.82, 2.24) is 38.7 Å². The van der Waals surface area contributed by atoms with E-state index in [1.807, 2.05) is 41.5 Å². The first-order valence-corrected chi connectivity index (χ1v) is 39.2. The molecule has 9 N–H and O–H groups in total. The predicted octanol–water partition coefficient (Wildman–Crippen LogP) is -0.109. The lowest BCUT2D eigenvalue weighted by Crippen LogP contribution is -2.36. The minimum Gasteiger partial charge on any atom is -0.383 e. The average Bonchev–Trinajstić information content (AvgIpc) is 1.94. The first-order valence-electron chi connectivity index (χ1n) is 26.6. The number of ether oxygens (including phenoxy) is 4. The average molecular weight is 1550 g/mol. The molecule has 0 aromatic rings. The molecule has 93 heavy (non-hydrogen) atoms. The van der Waals surface area contributed by atoms with Crippen LogP contribution in [0.25, 0.3) is 9.69 Å². The van der Waals surface area contributed by atoms with Gasteiger partial charge in [0.15, 0.2) is 0 Å². The first-order chi connectivity index (χ1) is 41.7. The van der Waals surface area contributed by atoms with Crippen molar-refractivity contribution in [3.8, 4) is 0 Å². The summed E-state index contributed by atoms with van der Waals surface area (Å²) >= 11 is 0. The second-order valence-electron chi connectivity index (χ2n) is 18.8. The van der Waals surface area contributed by atoms with E-state index in [0.717, 1.165) is 47.2 Å². The third kappa shape index (κ3) is 78.5. The zero-order valence-electron chi connectivity index (χ0n) is 55.9. The molecule has 42 nitrogen and oxygen atoms in total. The van der Waals surface area contributed by atoms with Gasteiger partial charge in [-0.25, -0.2) is 13.1 Å². The largest absolute Gasteiger partial charge is 0.383 e. The van der Waals surface area contributed by atoms with Crippen LogP contribution in [-0.4, -0.2) is 331 Å². The van der Waals surface area contributed by atoms with Crippen molar-refractivity contribution in [2.75, 3.05) is 176 Å². The van der Waals surface area contributed by atoms with Crippen LogP contribution in [0.5, 0.6) is 0 Å². The molecular formula is C42H105N11O31S9. The third-order valence-electron chi connectivity index (χ3n) is 9.34. The second kappa shape index (κ2) is 57.5. The van der Waals surface area contributed by atoms with Crippen LogP contribution in [0.4, 0.5) is 0 Å². The Bertz CT molecular complexity index is 2780. The smallest absolute Gasteiger partial charge is 0.347 e. The predicted molar refractivity (Wildman–Crippen MR) is 346 cm³/mol. The minimum absolute atomic E-state index is 0.124. The molecule has 0 atom stereocenters. The Morgan fingerprint density at radius 2 is 0.505 bits per heavy atom. The summed E-state index contributed by atoms with van der Waals surface area (Å²) in [6, 6.07) is 0. The first kappa shape index (κ1) is 109. The van der Waals surface area contributed by atoms with Crippen molar-refractivity contribution in [2.24, 2.45) is 11.8 Å². The Morgan fingerprint density at radius 3 is 0.613 bits per heavy atom. The van der Waals surface area contributed by atoms with Crippen LogP contribution in [0.15, 0.2) is 0 Å². The lowest BCUT2D eigenvalue weighted by Gasteiger charge is -2.22. The summed E-state index contributed by atoms with van der Waals surface area (Å²) in [5, 5.41) is 0. The molecule has 0 heterocycles. The Kier molecular flexibility index (Phi) is 67.6. The summed E-state index contributed by atoms with van der Waals surface area (Å²) in [7, 11) is -23.0. The molecule has 568 valence electrons. The van der Waals surface area contributed by atoms with Crippen molar-refractivity contribution in [3.05, 3.63) is 22.8 Å². The van der Waals surface area contributed by atoms with E-state index in [0.29, 0.717) is 56.5 Å². The summed E-state index contributed by atoms with van der Waals surface area (Å²) < 4.78 is 288. The highest BCUT2D eigenvalue weighted by molar-refractivity contribution is 7.85. The summed E-state index contributed by atoms with van der Waals surface area (Å²) in [6.45, 7) is 30.2. The monoisotopic (exact) mass is 1550 g/mol. The van der Waals surface area contributed by atoms with Crippen molar-refractivity contribution in [2.45, 2.75) is 81.1 Å². The summed E-state index contributed by atoms with van der Waals surface area (Å²) in [5.41, 5.74) is 0. The van der Waals surface area contributed by atoms with E-state index in [-0.39, 0.29) is 64.4 Å². The van der Waals surface area contributed by atoms with Gasteiger partial charge in [0.2, 0.25) is 0 Å². The number of nitrogens with zero attached hydrogens (tertiary/aromatic N) is 11. The molecule has 0 rings (SSSR count). The van der Waals surface area contributed by atoms with Gasteiger partial charge in [-0.15, -0.1) is 0 Å². The number of methoxy groups -OCH3 is 4.